The number of amides is 2. The van der Waals surface area contributed by atoms with Crippen LogP contribution in [0.2, 0.25) is 10.0 Å². The lowest BCUT2D eigenvalue weighted by molar-refractivity contribution is 0.172. The molecule has 1 fully saturated rings. The minimum Gasteiger partial charge on any atom is -0.379 e. The van der Waals surface area contributed by atoms with Crippen molar-refractivity contribution >= 4 is 66.0 Å². The molecule has 2 amide bonds. The van der Waals surface area contributed by atoms with E-state index in [0.29, 0.717) is 27.8 Å². The second-order valence-corrected chi connectivity index (χ2v) is 12.9. The second-order valence-electron chi connectivity index (χ2n) is 9.61. The monoisotopic (exact) mass is 618 g/mol. The number of carbonyl (C=O) groups is 1. The van der Waals surface area contributed by atoms with Crippen LogP contribution in [0.3, 0.4) is 0 Å². The summed E-state index contributed by atoms with van der Waals surface area (Å²) in [5.41, 5.74) is 1.94. The number of benzene rings is 3. The average molecular weight is 620 g/mol. The molecule has 2 N–H and O–H groups in total. The number of rotatable bonds is 9. The van der Waals surface area contributed by atoms with E-state index in [1.807, 2.05) is 6.07 Å². The molecule has 8 nitrogen and oxygen atoms in total. The van der Waals surface area contributed by atoms with Gasteiger partial charge < -0.3 is 9.50 Å². The van der Waals surface area contributed by atoms with E-state index in [2.05, 4.69) is 44.8 Å². The minimum atomic E-state index is -4.25. The van der Waals surface area contributed by atoms with Gasteiger partial charge in [-0.15, -0.1) is 0 Å². The van der Waals surface area contributed by atoms with Gasteiger partial charge in [-0.25, -0.2) is 9.78 Å². The van der Waals surface area contributed by atoms with Crippen LogP contribution >= 0.6 is 34.5 Å². The van der Waals surface area contributed by atoms with E-state index in [1.165, 1.54) is 35.1 Å². The molecule has 2 heterocycles. The summed E-state index contributed by atoms with van der Waals surface area (Å²) in [6, 6.07) is 19.2. The largest absolute Gasteiger partial charge is 0.379 e. The number of fused-ring (bicyclic) bond motifs is 1. The summed E-state index contributed by atoms with van der Waals surface area (Å²) < 4.78 is 31.5. The lowest BCUT2D eigenvalue weighted by atomic mass is 9.93. The van der Waals surface area contributed by atoms with Crippen molar-refractivity contribution in [3.8, 4) is 5.75 Å². The first-order chi connectivity index (χ1) is 19.3. The molecule has 0 unspecified atom stereocenters. The average Bonchev–Trinajstić information content (AvgIpc) is 3.31. The molecule has 1 aromatic heterocycles. The number of anilines is 1. The van der Waals surface area contributed by atoms with Crippen LogP contribution in [0.4, 0.5) is 9.93 Å². The number of thiazole rings is 1. The van der Waals surface area contributed by atoms with Crippen LogP contribution in [0.25, 0.3) is 10.2 Å². The summed E-state index contributed by atoms with van der Waals surface area (Å²) in [6.45, 7) is 3.70. The molecule has 40 heavy (non-hydrogen) atoms. The van der Waals surface area contributed by atoms with Gasteiger partial charge in [0.2, 0.25) is 0 Å². The number of carbonyl (C=O) groups excluding carboxylic acids is 1. The van der Waals surface area contributed by atoms with E-state index in [4.69, 9.17) is 27.4 Å². The molecule has 0 radical (unpaired) electrons. The second kappa shape index (κ2) is 12.7. The highest BCUT2D eigenvalue weighted by atomic mass is 35.5. The zero-order valence-corrected chi connectivity index (χ0v) is 24.6. The molecule has 1 aliphatic heterocycles. The fraction of sp³-hybridized carbons (Fsp3) is 0.286. The number of likely N-dealkylation sites (tertiary alicyclic amines) is 1. The fourth-order valence-electron chi connectivity index (χ4n) is 4.71. The molecule has 0 spiro atoms. The Morgan fingerprint density at radius 1 is 1.02 bits per heavy atom. The Morgan fingerprint density at radius 3 is 2.48 bits per heavy atom. The summed E-state index contributed by atoms with van der Waals surface area (Å²) in [4.78, 5) is 19.1. The van der Waals surface area contributed by atoms with E-state index in [9.17, 15) is 13.2 Å². The highest BCUT2D eigenvalue weighted by molar-refractivity contribution is 7.87. The fourth-order valence-corrected chi connectivity index (χ4v) is 7.61. The molecule has 5 rings (SSSR count). The number of hydrogen-bond acceptors (Lipinski definition) is 7. The topological polar surface area (TPSA) is 101 Å². The van der Waals surface area contributed by atoms with E-state index in [1.54, 1.807) is 18.2 Å². The molecule has 3 aromatic carbocycles. The van der Waals surface area contributed by atoms with Crippen molar-refractivity contribution < 1.29 is 17.4 Å². The summed E-state index contributed by atoms with van der Waals surface area (Å²) in [6.07, 6.45) is 3.17. The molecule has 210 valence electrons. The standard InChI is InChI=1S/C28H28Cl2N4O4S2/c29-22-7-4-8-23(30)26(22)40(36,37)38-21-9-10-24-25(17-21)39-28(32-24)33-27(35)31-14-11-19-12-15-34(16-13-19)18-20-5-2-1-3-6-20/h1-10,17,19H,11-16,18H2,(H2,31,32,33,35). The third-order valence-corrected chi connectivity index (χ3v) is 9.89. The van der Waals surface area contributed by atoms with Crippen molar-refractivity contribution in [2.75, 3.05) is 25.0 Å². The summed E-state index contributed by atoms with van der Waals surface area (Å²) in [5, 5.41) is 6.02. The van der Waals surface area contributed by atoms with Crippen LogP contribution in [-0.4, -0.2) is 44.0 Å². The zero-order chi connectivity index (χ0) is 28.1. The predicted octanol–water partition coefficient (Wildman–Crippen LogP) is 6.79. The van der Waals surface area contributed by atoms with Crippen LogP contribution < -0.4 is 14.8 Å². The number of halogens is 2. The van der Waals surface area contributed by atoms with Crippen molar-refractivity contribution in [1.29, 1.82) is 0 Å². The Kier molecular flexibility index (Phi) is 9.12. The molecule has 0 aliphatic carbocycles. The molecule has 1 saturated heterocycles. The van der Waals surface area contributed by atoms with Gasteiger partial charge >= 0.3 is 16.1 Å². The third-order valence-electron chi connectivity index (χ3n) is 6.75. The maximum absolute atomic E-state index is 12.8. The lowest BCUT2D eigenvalue weighted by Gasteiger charge is -2.32. The molecular weight excluding hydrogens is 591 g/mol. The maximum atomic E-state index is 12.8. The molecule has 0 atom stereocenters. The van der Waals surface area contributed by atoms with Crippen LogP contribution in [0.1, 0.15) is 24.8 Å². The molecule has 12 heteroatoms. The summed E-state index contributed by atoms with van der Waals surface area (Å²) in [5.74, 6) is 0.670. The number of urea groups is 1. The van der Waals surface area contributed by atoms with Gasteiger partial charge in [-0.1, -0.05) is 70.9 Å². The number of nitrogens with zero attached hydrogens (tertiary/aromatic N) is 2. The first-order valence-electron chi connectivity index (χ1n) is 12.9. The first-order valence-corrected chi connectivity index (χ1v) is 15.8. The Balaban J connectivity index is 1.10. The molecule has 0 saturated carbocycles. The van der Waals surface area contributed by atoms with Crippen molar-refractivity contribution in [3.63, 3.8) is 0 Å². The van der Waals surface area contributed by atoms with Gasteiger partial charge in [-0.05, 0) is 68.1 Å². The maximum Gasteiger partial charge on any atom is 0.342 e. The SMILES string of the molecule is O=C(NCCC1CCN(Cc2ccccc2)CC1)Nc1nc2ccc(OS(=O)(=O)c3c(Cl)cccc3Cl)cc2s1. The molecule has 0 bridgehead atoms. The molecule has 4 aromatic rings. The van der Waals surface area contributed by atoms with Crippen molar-refractivity contribution in [1.82, 2.24) is 15.2 Å². The van der Waals surface area contributed by atoms with Crippen LogP contribution in [-0.2, 0) is 16.7 Å². The normalized spacial score (nSPS) is 14.8. The van der Waals surface area contributed by atoms with E-state index in [-0.39, 0.29) is 26.7 Å². The van der Waals surface area contributed by atoms with Crippen molar-refractivity contribution in [3.05, 3.63) is 82.3 Å². The number of hydrogen-bond donors (Lipinski definition) is 2. The number of piperidine rings is 1. The van der Waals surface area contributed by atoms with Crippen LogP contribution in [0.5, 0.6) is 5.75 Å². The van der Waals surface area contributed by atoms with Gasteiger partial charge in [0.05, 0.1) is 20.3 Å². The quantitative estimate of drug-likeness (QED) is 0.200. The van der Waals surface area contributed by atoms with Crippen LogP contribution in [0.15, 0.2) is 71.6 Å². The van der Waals surface area contributed by atoms with Crippen molar-refractivity contribution in [2.45, 2.75) is 30.7 Å². The number of aromatic nitrogens is 1. The van der Waals surface area contributed by atoms with Gasteiger partial charge in [0.15, 0.2) is 5.13 Å². The Morgan fingerprint density at radius 2 is 1.75 bits per heavy atom. The van der Waals surface area contributed by atoms with Gasteiger partial charge in [0, 0.05) is 19.2 Å². The molecule has 1 aliphatic rings. The van der Waals surface area contributed by atoms with Crippen molar-refractivity contribution in [2.24, 2.45) is 5.92 Å². The first kappa shape index (κ1) is 28.6. The highest BCUT2D eigenvalue weighted by Crippen LogP contribution is 2.34. The number of nitrogens with one attached hydrogen (secondary N) is 2. The van der Waals surface area contributed by atoms with E-state index in [0.717, 1.165) is 38.9 Å². The van der Waals surface area contributed by atoms with Crippen LogP contribution in [0, 0.1) is 5.92 Å². The third kappa shape index (κ3) is 7.24. The molecular formula is C28H28Cl2N4O4S2. The van der Waals surface area contributed by atoms with Gasteiger partial charge in [0.1, 0.15) is 10.6 Å². The van der Waals surface area contributed by atoms with E-state index >= 15 is 0 Å². The van der Waals surface area contributed by atoms with Gasteiger partial charge in [0.25, 0.3) is 0 Å². The van der Waals surface area contributed by atoms with E-state index < -0.39 is 10.1 Å². The summed E-state index contributed by atoms with van der Waals surface area (Å²) >= 11 is 13.3. The Labute approximate surface area is 247 Å². The minimum absolute atomic E-state index is 0.0302. The summed E-state index contributed by atoms with van der Waals surface area (Å²) in [7, 11) is -4.25. The Bertz CT molecular complexity index is 1570. The Hall–Kier alpha value is -2.89. The smallest absolute Gasteiger partial charge is 0.342 e. The van der Waals surface area contributed by atoms with Gasteiger partial charge in [-0.3, -0.25) is 10.2 Å². The highest BCUT2D eigenvalue weighted by Gasteiger charge is 2.24. The zero-order valence-electron chi connectivity index (χ0n) is 21.5. The predicted molar refractivity (Wildman–Crippen MR) is 160 cm³/mol. The lowest BCUT2D eigenvalue weighted by Crippen LogP contribution is -2.35. The van der Waals surface area contributed by atoms with Gasteiger partial charge in [-0.2, -0.15) is 8.42 Å².